The third kappa shape index (κ3) is 1.33. The van der Waals surface area contributed by atoms with Gasteiger partial charge in [0.15, 0.2) is 0 Å². The van der Waals surface area contributed by atoms with E-state index in [9.17, 15) is 0 Å². The van der Waals surface area contributed by atoms with Crippen LogP contribution in [-0.4, -0.2) is 9.97 Å². The molecule has 0 atom stereocenters. The second kappa shape index (κ2) is 3.42. The minimum atomic E-state index is 0.568. The first kappa shape index (κ1) is 9.83. The first-order valence-corrected chi connectivity index (χ1v) is 7.22. The van der Waals surface area contributed by atoms with Crippen LogP contribution >= 0.6 is 11.3 Å². The van der Waals surface area contributed by atoms with E-state index in [-0.39, 0.29) is 0 Å². The number of nitrogen functional groups attached to an aromatic ring is 1. The Balaban J connectivity index is 1.93. The number of aromatic nitrogens is 2. The Labute approximate surface area is 104 Å². The molecule has 0 aliphatic heterocycles. The molecular formula is C13H15N3S. The molecule has 1 saturated carbocycles. The second-order valence-electron chi connectivity index (χ2n) is 5.13. The van der Waals surface area contributed by atoms with Crippen LogP contribution in [0.3, 0.4) is 0 Å². The van der Waals surface area contributed by atoms with Gasteiger partial charge in [-0.2, -0.15) is 0 Å². The van der Waals surface area contributed by atoms with Gasteiger partial charge in [0, 0.05) is 10.8 Å². The number of aryl methyl sites for hydroxylation is 2. The van der Waals surface area contributed by atoms with Crippen molar-refractivity contribution in [2.75, 3.05) is 5.73 Å². The Kier molecular flexibility index (Phi) is 1.98. The fourth-order valence-electron chi connectivity index (χ4n) is 2.89. The molecule has 4 heteroatoms. The number of fused-ring (bicyclic) bond motifs is 3. The summed E-state index contributed by atoms with van der Waals surface area (Å²) >= 11 is 1.84. The molecule has 2 N–H and O–H groups in total. The van der Waals surface area contributed by atoms with Crippen LogP contribution in [-0.2, 0) is 12.8 Å². The van der Waals surface area contributed by atoms with Crippen molar-refractivity contribution in [2.45, 2.75) is 44.4 Å². The summed E-state index contributed by atoms with van der Waals surface area (Å²) in [5.74, 6) is 2.27. The Hall–Kier alpha value is -1.16. The Morgan fingerprint density at radius 2 is 2.00 bits per heavy atom. The van der Waals surface area contributed by atoms with E-state index in [0.717, 1.165) is 28.3 Å². The molecule has 0 bridgehead atoms. The lowest BCUT2D eigenvalue weighted by Gasteiger charge is -2.23. The Bertz CT molecular complexity index is 598. The van der Waals surface area contributed by atoms with Crippen molar-refractivity contribution in [2.24, 2.45) is 0 Å². The molecule has 3 nitrogen and oxygen atoms in total. The van der Waals surface area contributed by atoms with Crippen LogP contribution in [0.25, 0.3) is 10.2 Å². The van der Waals surface area contributed by atoms with Gasteiger partial charge in [-0.1, -0.05) is 6.42 Å². The molecule has 4 rings (SSSR count). The predicted octanol–water partition coefficient (Wildman–Crippen LogP) is 3.03. The fraction of sp³-hybridized carbons (Fsp3) is 0.538. The van der Waals surface area contributed by atoms with Gasteiger partial charge in [-0.05, 0) is 37.7 Å². The standard InChI is InChI=1S/C13H15N3S/c14-11-10-8-5-2-6-9(8)17-13(10)16-12(15-11)7-3-1-4-7/h7H,1-6H2,(H2,14,15,16). The zero-order valence-corrected chi connectivity index (χ0v) is 10.5. The molecular weight excluding hydrogens is 230 g/mol. The zero-order chi connectivity index (χ0) is 11.4. The number of anilines is 1. The van der Waals surface area contributed by atoms with Crippen LogP contribution in [0.15, 0.2) is 0 Å². The van der Waals surface area contributed by atoms with Crippen LogP contribution in [0.1, 0.15) is 47.9 Å². The van der Waals surface area contributed by atoms with Crippen molar-refractivity contribution in [1.82, 2.24) is 9.97 Å². The first-order valence-electron chi connectivity index (χ1n) is 6.40. The molecule has 0 aromatic carbocycles. The molecule has 0 unspecified atom stereocenters. The molecule has 2 aromatic heterocycles. The van der Waals surface area contributed by atoms with E-state index in [1.165, 1.54) is 42.5 Å². The number of hydrogen-bond acceptors (Lipinski definition) is 4. The van der Waals surface area contributed by atoms with E-state index in [2.05, 4.69) is 4.98 Å². The molecule has 1 fully saturated rings. The van der Waals surface area contributed by atoms with Gasteiger partial charge in [0.2, 0.25) is 0 Å². The largest absolute Gasteiger partial charge is 0.383 e. The van der Waals surface area contributed by atoms with Gasteiger partial charge in [-0.25, -0.2) is 9.97 Å². The van der Waals surface area contributed by atoms with Gasteiger partial charge in [-0.3, -0.25) is 0 Å². The van der Waals surface area contributed by atoms with Crippen LogP contribution in [0.5, 0.6) is 0 Å². The highest BCUT2D eigenvalue weighted by Gasteiger charge is 2.26. The van der Waals surface area contributed by atoms with Crippen molar-refractivity contribution >= 4 is 27.4 Å². The van der Waals surface area contributed by atoms with Crippen molar-refractivity contribution in [3.63, 3.8) is 0 Å². The van der Waals surface area contributed by atoms with Crippen LogP contribution in [0, 0.1) is 0 Å². The van der Waals surface area contributed by atoms with Gasteiger partial charge in [-0.15, -0.1) is 11.3 Å². The molecule has 0 radical (unpaired) electrons. The van der Waals surface area contributed by atoms with Crippen molar-refractivity contribution in [3.8, 4) is 0 Å². The summed E-state index contributed by atoms with van der Waals surface area (Å²) in [5.41, 5.74) is 7.58. The van der Waals surface area contributed by atoms with Gasteiger partial charge in [0.25, 0.3) is 0 Å². The maximum atomic E-state index is 6.15. The molecule has 0 saturated heterocycles. The second-order valence-corrected chi connectivity index (χ2v) is 6.22. The van der Waals surface area contributed by atoms with Crippen molar-refractivity contribution < 1.29 is 0 Å². The minimum absolute atomic E-state index is 0.568. The molecule has 17 heavy (non-hydrogen) atoms. The maximum absolute atomic E-state index is 6.15. The predicted molar refractivity (Wildman–Crippen MR) is 70.4 cm³/mol. The highest BCUT2D eigenvalue weighted by atomic mass is 32.1. The summed E-state index contributed by atoms with van der Waals surface area (Å²) in [7, 11) is 0. The van der Waals surface area contributed by atoms with Gasteiger partial charge >= 0.3 is 0 Å². The normalized spacial score (nSPS) is 19.5. The number of hydrogen-bond donors (Lipinski definition) is 1. The van der Waals surface area contributed by atoms with E-state index in [1.807, 2.05) is 11.3 Å². The van der Waals surface area contributed by atoms with Crippen LogP contribution in [0.4, 0.5) is 5.82 Å². The van der Waals surface area contributed by atoms with E-state index in [0.29, 0.717) is 5.92 Å². The molecule has 0 spiro atoms. The van der Waals surface area contributed by atoms with Crippen molar-refractivity contribution in [3.05, 3.63) is 16.3 Å². The topological polar surface area (TPSA) is 51.8 Å². The zero-order valence-electron chi connectivity index (χ0n) is 9.70. The smallest absolute Gasteiger partial charge is 0.136 e. The van der Waals surface area contributed by atoms with Gasteiger partial charge in [0.05, 0.1) is 5.39 Å². The Morgan fingerprint density at radius 1 is 1.12 bits per heavy atom. The molecule has 2 aliphatic rings. The number of nitrogens with two attached hydrogens (primary N) is 1. The van der Waals surface area contributed by atoms with Gasteiger partial charge in [0.1, 0.15) is 16.5 Å². The lowest BCUT2D eigenvalue weighted by molar-refractivity contribution is 0.403. The lowest BCUT2D eigenvalue weighted by atomic mass is 9.85. The third-order valence-corrected chi connectivity index (χ3v) is 5.27. The van der Waals surface area contributed by atoms with E-state index >= 15 is 0 Å². The monoisotopic (exact) mass is 245 g/mol. The summed E-state index contributed by atoms with van der Waals surface area (Å²) < 4.78 is 0. The summed E-state index contributed by atoms with van der Waals surface area (Å²) in [6, 6.07) is 0. The first-order chi connectivity index (χ1) is 8.33. The van der Waals surface area contributed by atoms with Crippen molar-refractivity contribution in [1.29, 1.82) is 0 Å². The van der Waals surface area contributed by atoms with Gasteiger partial charge < -0.3 is 5.73 Å². The average molecular weight is 245 g/mol. The third-order valence-electron chi connectivity index (χ3n) is 4.08. The number of rotatable bonds is 1. The molecule has 2 aromatic rings. The molecule has 2 heterocycles. The highest BCUT2D eigenvalue weighted by Crippen LogP contribution is 2.41. The summed E-state index contributed by atoms with van der Waals surface area (Å²) in [6.07, 6.45) is 7.40. The molecule has 88 valence electrons. The van der Waals surface area contributed by atoms with Crippen LogP contribution in [0.2, 0.25) is 0 Å². The summed E-state index contributed by atoms with van der Waals surface area (Å²) in [4.78, 5) is 11.9. The summed E-state index contributed by atoms with van der Waals surface area (Å²) in [6.45, 7) is 0. The SMILES string of the molecule is Nc1nc(C2CCC2)nc2sc3c(c12)CCC3. The molecule has 2 aliphatic carbocycles. The van der Waals surface area contributed by atoms with E-state index in [1.54, 1.807) is 0 Å². The van der Waals surface area contributed by atoms with E-state index < -0.39 is 0 Å². The van der Waals surface area contributed by atoms with E-state index in [4.69, 9.17) is 10.7 Å². The molecule has 0 amide bonds. The Morgan fingerprint density at radius 3 is 2.76 bits per heavy atom. The minimum Gasteiger partial charge on any atom is -0.383 e. The van der Waals surface area contributed by atoms with Crippen LogP contribution < -0.4 is 5.73 Å². The summed E-state index contributed by atoms with van der Waals surface area (Å²) in [5, 5.41) is 1.16. The lowest BCUT2D eigenvalue weighted by Crippen LogP contribution is -2.13. The average Bonchev–Trinajstić information content (AvgIpc) is 2.72. The fourth-order valence-corrected chi connectivity index (χ4v) is 4.17. The number of thiophene rings is 1. The maximum Gasteiger partial charge on any atom is 0.136 e. The quantitative estimate of drug-likeness (QED) is 0.840. The highest BCUT2D eigenvalue weighted by molar-refractivity contribution is 7.19. The number of nitrogens with zero attached hydrogens (tertiary/aromatic N) is 2.